The molecule has 1 unspecified atom stereocenters. The molecule has 0 radical (unpaired) electrons. The van der Waals surface area contributed by atoms with Crippen LogP contribution in [0.5, 0.6) is 0 Å². The lowest BCUT2D eigenvalue weighted by molar-refractivity contribution is -0.141. The van der Waals surface area contributed by atoms with Crippen molar-refractivity contribution in [1.82, 2.24) is 34.9 Å². The molecule has 5 amide bonds. The smallest absolute Gasteiger partial charge is 0.324 e. The van der Waals surface area contributed by atoms with Crippen LogP contribution in [0.15, 0.2) is 59.5 Å². The molecule has 0 aliphatic carbocycles. The fourth-order valence-corrected chi connectivity index (χ4v) is 7.24. The summed E-state index contributed by atoms with van der Waals surface area (Å²) in [6.45, 7) is 0.960. The van der Waals surface area contributed by atoms with Crippen LogP contribution in [0.2, 0.25) is 0 Å². The topological polar surface area (TPSA) is 159 Å². The summed E-state index contributed by atoms with van der Waals surface area (Å²) in [5.41, 5.74) is 3.91. The molecule has 7 rings (SSSR count). The standard InChI is InChI=1S/C35H33BrF2N8O5/c36-25-3-1-4-26-31(25)42-27(17-39-26)21-16-40-46(19-21)23-10-13-44(14-11-23)30(48)5-2-12-35(37,38)34(51)41-22-6-7-24-20(15-22)18-45(33(24)50)28-8-9-29(47)43-32(28)49/h1,3-4,6-7,15-17,19,23,28H,2,5,8-14,18H2,(H,41,51)(H,43,47,49). The van der Waals surface area contributed by atoms with Gasteiger partial charge >= 0.3 is 5.92 Å². The van der Waals surface area contributed by atoms with E-state index in [0.717, 1.165) is 21.1 Å². The van der Waals surface area contributed by atoms with Crippen LogP contribution < -0.4 is 10.6 Å². The molecule has 2 aromatic heterocycles. The van der Waals surface area contributed by atoms with E-state index in [0.29, 0.717) is 42.8 Å². The molecule has 3 aliphatic heterocycles. The molecule has 0 saturated carbocycles. The van der Waals surface area contributed by atoms with Crippen LogP contribution in [0.3, 0.4) is 0 Å². The van der Waals surface area contributed by atoms with Gasteiger partial charge in [-0.1, -0.05) is 6.07 Å². The van der Waals surface area contributed by atoms with Gasteiger partial charge in [0.15, 0.2) is 0 Å². The number of rotatable bonds is 9. The molecule has 13 nitrogen and oxygen atoms in total. The quantitative estimate of drug-likeness (QED) is 0.234. The lowest BCUT2D eigenvalue weighted by Crippen LogP contribution is -2.52. The zero-order chi connectivity index (χ0) is 35.9. The molecule has 2 N–H and O–H groups in total. The first-order valence-corrected chi connectivity index (χ1v) is 17.5. The summed E-state index contributed by atoms with van der Waals surface area (Å²) in [7, 11) is 0. The number of fused-ring (bicyclic) bond motifs is 2. The summed E-state index contributed by atoms with van der Waals surface area (Å²) in [5, 5.41) is 8.98. The number of carbonyl (C=O) groups is 5. The van der Waals surface area contributed by atoms with Gasteiger partial charge in [0.05, 0.1) is 29.6 Å². The second-order valence-electron chi connectivity index (χ2n) is 13.0. The highest BCUT2D eigenvalue weighted by Crippen LogP contribution is 2.32. The van der Waals surface area contributed by atoms with Gasteiger partial charge in [-0.25, -0.2) is 4.98 Å². The zero-order valence-electron chi connectivity index (χ0n) is 27.3. The molecule has 4 aromatic rings. The van der Waals surface area contributed by atoms with Crippen molar-refractivity contribution >= 4 is 62.2 Å². The van der Waals surface area contributed by atoms with Crippen LogP contribution >= 0.6 is 15.9 Å². The molecular formula is C35H33BrF2N8O5. The Bertz CT molecular complexity index is 2060. The summed E-state index contributed by atoms with van der Waals surface area (Å²) >= 11 is 3.52. The van der Waals surface area contributed by atoms with E-state index in [-0.39, 0.29) is 49.9 Å². The lowest BCUT2D eigenvalue weighted by atomic mass is 10.0. The van der Waals surface area contributed by atoms with Crippen molar-refractivity contribution in [2.45, 2.75) is 69.5 Å². The molecule has 5 heterocycles. The number of imide groups is 1. The van der Waals surface area contributed by atoms with Gasteiger partial charge in [0.2, 0.25) is 17.7 Å². The number of hydrogen-bond acceptors (Lipinski definition) is 8. The molecule has 264 valence electrons. The van der Waals surface area contributed by atoms with E-state index < -0.39 is 42.0 Å². The molecule has 1 atom stereocenters. The Morgan fingerprint density at radius 2 is 1.86 bits per heavy atom. The highest BCUT2D eigenvalue weighted by Gasteiger charge is 2.41. The van der Waals surface area contributed by atoms with Gasteiger partial charge in [0.1, 0.15) is 11.6 Å². The van der Waals surface area contributed by atoms with E-state index in [1.54, 1.807) is 17.3 Å². The van der Waals surface area contributed by atoms with Crippen molar-refractivity contribution in [2.24, 2.45) is 0 Å². The van der Waals surface area contributed by atoms with E-state index in [4.69, 9.17) is 4.98 Å². The van der Waals surface area contributed by atoms with Gasteiger partial charge in [-0.2, -0.15) is 13.9 Å². The van der Waals surface area contributed by atoms with Crippen molar-refractivity contribution in [1.29, 1.82) is 0 Å². The molecule has 51 heavy (non-hydrogen) atoms. The van der Waals surface area contributed by atoms with Crippen LogP contribution in [0, 0.1) is 0 Å². The number of benzene rings is 2. The van der Waals surface area contributed by atoms with Gasteiger partial charge in [0, 0.05) is 66.4 Å². The predicted octanol–water partition coefficient (Wildman–Crippen LogP) is 4.62. The first-order valence-electron chi connectivity index (χ1n) is 16.7. The van der Waals surface area contributed by atoms with Crippen molar-refractivity contribution in [3.05, 3.63) is 70.6 Å². The number of amides is 5. The van der Waals surface area contributed by atoms with Gasteiger partial charge in [-0.15, -0.1) is 0 Å². The van der Waals surface area contributed by atoms with Gasteiger partial charge in [-0.3, -0.25) is 39.0 Å². The fraction of sp³-hybridized carbons (Fsp3) is 0.371. The van der Waals surface area contributed by atoms with E-state index in [1.807, 2.05) is 29.1 Å². The summed E-state index contributed by atoms with van der Waals surface area (Å²) in [5.74, 6) is -6.86. The monoisotopic (exact) mass is 762 g/mol. The van der Waals surface area contributed by atoms with Crippen LogP contribution in [0.4, 0.5) is 14.5 Å². The first kappa shape index (κ1) is 34.3. The Balaban J connectivity index is 0.871. The van der Waals surface area contributed by atoms with Crippen LogP contribution in [0.25, 0.3) is 22.3 Å². The van der Waals surface area contributed by atoms with E-state index in [1.165, 1.54) is 23.1 Å². The second-order valence-corrected chi connectivity index (χ2v) is 13.8. The molecule has 0 bridgehead atoms. The number of halogens is 3. The van der Waals surface area contributed by atoms with Crippen molar-refractivity contribution in [2.75, 3.05) is 18.4 Å². The van der Waals surface area contributed by atoms with Gasteiger partial charge in [0.25, 0.3) is 11.8 Å². The molecule has 2 saturated heterocycles. The number of anilines is 1. The maximum Gasteiger partial charge on any atom is 0.324 e. The number of piperidine rings is 2. The summed E-state index contributed by atoms with van der Waals surface area (Å²) < 4.78 is 32.5. The van der Waals surface area contributed by atoms with E-state index in [2.05, 4.69) is 36.6 Å². The third-order valence-corrected chi connectivity index (χ3v) is 10.2. The molecule has 0 spiro atoms. The molecule has 2 fully saturated rings. The number of likely N-dealkylation sites (tertiary alicyclic amines) is 1. The molecule has 3 aliphatic rings. The summed E-state index contributed by atoms with van der Waals surface area (Å²) in [4.78, 5) is 74.3. The largest absolute Gasteiger partial charge is 0.343 e. The van der Waals surface area contributed by atoms with E-state index in [9.17, 15) is 32.8 Å². The normalized spacial score (nSPS) is 18.3. The van der Waals surface area contributed by atoms with Crippen molar-refractivity contribution in [3.8, 4) is 11.3 Å². The van der Waals surface area contributed by atoms with Crippen LogP contribution in [-0.2, 0) is 25.7 Å². The lowest BCUT2D eigenvalue weighted by Gasteiger charge is -2.32. The minimum atomic E-state index is -3.73. The molecular weight excluding hydrogens is 730 g/mol. The fourth-order valence-electron chi connectivity index (χ4n) is 6.80. The Labute approximate surface area is 298 Å². The molecule has 16 heteroatoms. The second kappa shape index (κ2) is 13.9. The molecule has 2 aromatic carbocycles. The highest BCUT2D eigenvalue weighted by molar-refractivity contribution is 9.10. The van der Waals surface area contributed by atoms with E-state index >= 15 is 0 Å². The SMILES string of the molecule is O=C1CCC(N2Cc3cc(NC(=O)C(F)(F)CCCC(=O)N4CCC(n5cc(-c6cnc7cccc(Br)c7n6)cn5)CC4)ccc3C2=O)C(=O)N1. The maximum atomic E-state index is 14.9. The number of alkyl halides is 2. The Kier molecular flexibility index (Phi) is 9.35. The predicted molar refractivity (Wildman–Crippen MR) is 183 cm³/mol. The van der Waals surface area contributed by atoms with Crippen molar-refractivity contribution in [3.63, 3.8) is 0 Å². The zero-order valence-corrected chi connectivity index (χ0v) is 28.9. The number of carbonyl (C=O) groups excluding carboxylic acids is 5. The maximum absolute atomic E-state index is 14.9. The van der Waals surface area contributed by atoms with Gasteiger partial charge in [-0.05, 0) is 77.5 Å². The minimum absolute atomic E-state index is 0.0434. The average Bonchev–Trinajstić information content (AvgIpc) is 3.73. The highest BCUT2D eigenvalue weighted by atomic mass is 79.9. The van der Waals surface area contributed by atoms with Crippen LogP contribution in [0.1, 0.15) is 66.9 Å². The number of aromatic nitrogens is 4. The Morgan fingerprint density at radius 3 is 2.65 bits per heavy atom. The number of nitrogens with one attached hydrogen (secondary N) is 2. The van der Waals surface area contributed by atoms with Gasteiger partial charge < -0.3 is 15.1 Å². The van der Waals surface area contributed by atoms with Crippen molar-refractivity contribution < 1.29 is 32.8 Å². The van der Waals surface area contributed by atoms with Crippen LogP contribution in [-0.4, -0.2) is 84.1 Å². The Morgan fingerprint density at radius 1 is 1.06 bits per heavy atom. The minimum Gasteiger partial charge on any atom is -0.343 e. The third-order valence-electron chi connectivity index (χ3n) is 9.61. The average molecular weight is 764 g/mol. The number of para-hydroxylation sites is 1. The Hall–Kier alpha value is -5.12. The summed E-state index contributed by atoms with van der Waals surface area (Å²) in [6.07, 6.45) is 5.86. The third kappa shape index (κ3) is 7.09. The number of hydrogen-bond donors (Lipinski definition) is 2. The first-order chi connectivity index (χ1) is 24.5. The summed E-state index contributed by atoms with van der Waals surface area (Å²) in [6, 6.07) is 9.15. The number of nitrogens with zero attached hydrogens (tertiary/aromatic N) is 6.